The number of hydrogen-bond donors (Lipinski definition) is 2. The van der Waals surface area contributed by atoms with Crippen molar-refractivity contribution in [2.24, 2.45) is 5.10 Å². The number of nitrogens with one attached hydrogen (secondary N) is 2. The number of carbonyl (C=O) groups is 1. The summed E-state index contributed by atoms with van der Waals surface area (Å²) in [7, 11) is 0. The highest BCUT2D eigenvalue weighted by Crippen LogP contribution is 1.97. The van der Waals surface area contributed by atoms with E-state index in [1.165, 1.54) is 0 Å². The lowest BCUT2D eigenvalue weighted by atomic mass is 10.2. The Morgan fingerprint density at radius 1 is 1.41 bits per heavy atom. The summed E-state index contributed by atoms with van der Waals surface area (Å²) in [4.78, 5) is 11.5. The van der Waals surface area contributed by atoms with Crippen LogP contribution in [-0.4, -0.2) is 22.3 Å². The summed E-state index contributed by atoms with van der Waals surface area (Å²) in [6.45, 7) is 1.83. The molecule has 2 N–H and O–H groups in total. The van der Waals surface area contributed by atoms with Crippen molar-refractivity contribution in [2.75, 3.05) is 0 Å². The summed E-state index contributed by atoms with van der Waals surface area (Å²) >= 11 is 0. The molecule has 17 heavy (non-hydrogen) atoms. The molecule has 0 unspecified atom stereocenters. The van der Waals surface area contributed by atoms with E-state index >= 15 is 0 Å². The van der Waals surface area contributed by atoms with Gasteiger partial charge in [0.05, 0.1) is 6.21 Å². The first-order valence-corrected chi connectivity index (χ1v) is 5.16. The Hall–Kier alpha value is -2.43. The minimum absolute atomic E-state index is 0.327. The van der Waals surface area contributed by atoms with E-state index in [0.717, 1.165) is 11.3 Å². The number of H-pyrrole nitrogens is 1. The molecule has 1 aromatic heterocycles. The van der Waals surface area contributed by atoms with Crippen LogP contribution < -0.4 is 5.43 Å². The third-order valence-corrected chi connectivity index (χ3v) is 2.12. The van der Waals surface area contributed by atoms with E-state index in [4.69, 9.17) is 0 Å². The fourth-order valence-corrected chi connectivity index (χ4v) is 1.30. The highest BCUT2D eigenvalue weighted by Gasteiger charge is 2.06. The molecule has 2 rings (SSSR count). The van der Waals surface area contributed by atoms with E-state index in [-0.39, 0.29) is 5.91 Å². The van der Waals surface area contributed by atoms with Gasteiger partial charge >= 0.3 is 0 Å². The quantitative estimate of drug-likeness (QED) is 0.617. The Bertz CT molecular complexity index is 530. The average Bonchev–Trinajstić information content (AvgIpc) is 2.77. The first-order valence-electron chi connectivity index (χ1n) is 5.16. The van der Waals surface area contributed by atoms with Gasteiger partial charge in [0.1, 0.15) is 0 Å². The smallest absolute Gasteiger partial charge is 0.282 e. The molecule has 0 aliphatic heterocycles. The number of nitrogens with zero attached hydrogens (tertiary/aromatic N) is 2. The monoisotopic (exact) mass is 228 g/mol. The molecule has 0 fully saturated rings. The van der Waals surface area contributed by atoms with Crippen molar-refractivity contribution >= 4 is 12.1 Å². The molecule has 0 atom stereocenters. The maximum atomic E-state index is 11.5. The molecule has 0 saturated carbocycles. The number of hydrazone groups is 1. The summed E-state index contributed by atoms with van der Waals surface area (Å²) in [5.74, 6) is -0.332. The van der Waals surface area contributed by atoms with E-state index in [2.05, 4.69) is 20.7 Å². The number of rotatable bonds is 3. The highest BCUT2D eigenvalue weighted by molar-refractivity contribution is 5.93. The Kier molecular flexibility index (Phi) is 3.30. The van der Waals surface area contributed by atoms with Crippen LogP contribution in [0.2, 0.25) is 0 Å². The molecule has 86 valence electrons. The lowest BCUT2D eigenvalue weighted by Crippen LogP contribution is -2.17. The van der Waals surface area contributed by atoms with Gasteiger partial charge in [0.2, 0.25) is 0 Å². The van der Waals surface area contributed by atoms with Gasteiger partial charge in [-0.2, -0.15) is 10.2 Å². The Morgan fingerprint density at radius 3 is 2.82 bits per heavy atom. The normalized spacial score (nSPS) is 10.6. The van der Waals surface area contributed by atoms with Crippen molar-refractivity contribution in [2.45, 2.75) is 6.92 Å². The molecular formula is C12H12N4O. The number of aromatic nitrogens is 2. The van der Waals surface area contributed by atoms with Crippen LogP contribution in [0.15, 0.2) is 41.5 Å². The molecule has 0 spiro atoms. The van der Waals surface area contributed by atoms with E-state index in [9.17, 15) is 4.79 Å². The third kappa shape index (κ3) is 3.01. The molecule has 0 bridgehead atoms. The number of benzene rings is 1. The van der Waals surface area contributed by atoms with Crippen LogP contribution in [0.1, 0.15) is 21.7 Å². The number of aromatic amines is 1. The predicted octanol–water partition coefficient (Wildman–Crippen LogP) is 1.48. The lowest BCUT2D eigenvalue weighted by Gasteiger charge is -1.94. The molecule has 0 aliphatic carbocycles. The molecular weight excluding hydrogens is 216 g/mol. The molecule has 5 heteroatoms. The predicted molar refractivity (Wildman–Crippen MR) is 64.8 cm³/mol. The topological polar surface area (TPSA) is 70.1 Å². The number of carbonyl (C=O) groups excluding carboxylic acids is 1. The second-order valence-electron chi connectivity index (χ2n) is 3.55. The van der Waals surface area contributed by atoms with Crippen molar-refractivity contribution in [3.8, 4) is 0 Å². The van der Waals surface area contributed by atoms with Crippen molar-refractivity contribution in [1.82, 2.24) is 15.6 Å². The van der Waals surface area contributed by atoms with E-state index in [1.807, 2.05) is 37.3 Å². The minimum Gasteiger partial charge on any atom is -0.282 e. The third-order valence-electron chi connectivity index (χ3n) is 2.12. The van der Waals surface area contributed by atoms with Crippen molar-refractivity contribution in [3.05, 3.63) is 53.3 Å². The van der Waals surface area contributed by atoms with Crippen LogP contribution in [-0.2, 0) is 0 Å². The van der Waals surface area contributed by atoms with Crippen LogP contribution in [0.3, 0.4) is 0 Å². The second-order valence-corrected chi connectivity index (χ2v) is 3.55. The Labute approximate surface area is 98.6 Å². The van der Waals surface area contributed by atoms with Crippen LogP contribution in [0.25, 0.3) is 0 Å². The van der Waals surface area contributed by atoms with Gasteiger partial charge in [-0.1, -0.05) is 30.3 Å². The SMILES string of the molecule is Cc1cc(C(=O)N/N=C\c2ccccc2)n[nH]1. The van der Waals surface area contributed by atoms with Crippen molar-refractivity contribution in [1.29, 1.82) is 0 Å². The van der Waals surface area contributed by atoms with Gasteiger partial charge < -0.3 is 0 Å². The first kappa shape index (κ1) is 11.1. The molecule has 0 radical (unpaired) electrons. The summed E-state index contributed by atoms with van der Waals surface area (Å²) in [6.07, 6.45) is 1.58. The molecule has 2 aromatic rings. The van der Waals surface area contributed by atoms with Gasteiger partial charge in [0.25, 0.3) is 5.91 Å². The zero-order valence-corrected chi connectivity index (χ0v) is 9.34. The molecule has 0 aliphatic rings. The van der Waals surface area contributed by atoms with Gasteiger partial charge in [-0.25, -0.2) is 5.43 Å². The summed E-state index contributed by atoms with van der Waals surface area (Å²) in [6, 6.07) is 11.2. The average molecular weight is 228 g/mol. The van der Waals surface area contributed by atoms with Crippen LogP contribution in [0, 0.1) is 6.92 Å². The van der Waals surface area contributed by atoms with E-state index in [0.29, 0.717) is 5.69 Å². The maximum Gasteiger partial charge on any atom is 0.291 e. The van der Waals surface area contributed by atoms with E-state index < -0.39 is 0 Å². The van der Waals surface area contributed by atoms with Crippen LogP contribution >= 0.6 is 0 Å². The van der Waals surface area contributed by atoms with Gasteiger partial charge in [-0.05, 0) is 18.6 Å². The lowest BCUT2D eigenvalue weighted by molar-refractivity contribution is 0.0950. The van der Waals surface area contributed by atoms with Crippen LogP contribution in [0.4, 0.5) is 0 Å². The highest BCUT2D eigenvalue weighted by atomic mass is 16.2. The van der Waals surface area contributed by atoms with Gasteiger partial charge in [0, 0.05) is 5.69 Å². The largest absolute Gasteiger partial charge is 0.291 e. The summed E-state index contributed by atoms with van der Waals surface area (Å²) < 4.78 is 0. The fraction of sp³-hybridized carbons (Fsp3) is 0.0833. The molecule has 1 amide bonds. The molecule has 0 saturated heterocycles. The molecule has 5 nitrogen and oxygen atoms in total. The maximum absolute atomic E-state index is 11.5. The summed E-state index contributed by atoms with van der Waals surface area (Å²) in [5.41, 5.74) is 4.49. The Balaban J connectivity index is 1.95. The first-order chi connectivity index (χ1) is 8.25. The number of hydrogen-bond acceptors (Lipinski definition) is 3. The molecule has 1 aromatic carbocycles. The molecule has 1 heterocycles. The number of amides is 1. The van der Waals surface area contributed by atoms with Crippen molar-refractivity contribution in [3.63, 3.8) is 0 Å². The second kappa shape index (κ2) is 5.07. The van der Waals surface area contributed by atoms with Gasteiger partial charge in [0.15, 0.2) is 5.69 Å². The fourth-order valence-electron chi connectivity index (χ4n) is 1.30. The van der Waals surface area contributed by atoms with Gasteiger partial charge in [-0.3, -0.25) is 9.89 Å². The zero-order chi connectivity index (χ0) is 12.1. The summed E-state index contributed by atoms with van der Waals surface area (Å²) in [5, 5.41) is 10.4. The van der Waals surface area contributed by atoms with Gasteiger partial charge in [-0.15, -0.1) is 0 Å². The Morgan fingerprint density at radius 2 is 2.18 bits per heavy atom. The number of aryl methyl sites for hydroxylation is 1. The minimum atomic E-state index is -0.332. The van der Waals surface area contributed by atoms with Crippen molar-refractivity contribution < 1.29 is 4.79 Å². The zero-order valence-electron chi connectivity index (χ0n) is 9.34. The van der Waals surface area contributed by atoms with E-state index in [1.54, 1.807) is 12.3 Å². The standard InChI is InChI=1S/C12H12N4O/c1-9-7-11(15-14-9)12(17)16-13-8-10-5-3-2-4-6-10/h2-8H,1H3,(H,14,15)(H,16,17)/b13-8-. The van der Waals surface area contributed by atoms with Crippen LogP contribution in [0.5, 0.6) is 0 Å².